The molecule has 0 saturated carbocycles. The second-order valence-electron chi connectivity index (χ2n) is 8.11. The molecule has 0 N–H and O–H groups in total. The van der Waals surface area contributed by atoms with Crippen molar-refractivity contribution in [2.45, 2.75) is 33.7 Å². The highest BCUT2D eigenvalue weighted by atomic mass is 127. The minimum absolute atomic E-state index is 0.213. The molecule has 1 aliphatic heterocycles. The molecule has 10 heteroatoms. The van der Waals surface area contributed by atoms with Gasteiger partial charge in [0.05, 0.1) is 32.0 Å². The van der Waals surface area contributed by atoms with Gasteiger partial charge < -0.3 is 9.47 Å². The second kappa shape index (κ2) is 11.0. The van der Waals surface area contributed by atoms with E-state index in [1.807, 2.05) is 43.3 Å². The van der Waals surface area contributed by atoms with Gasteiger partial charge in [0.25, 0.3) is 5.56 Å². The van der Waals surface area contributed by atoms with Crippen LogP contribution in [0.25, 0.3) is 6.08 Å². The van der Waals surface area contributed by atoms with Crippen molar-refractivity contribution in [2.24, 2.45) is 4.99 Å². The van der Waals surface area contributed by atoms with Crippen LogP contribution in [0.3, 0.4) is 0 Å². The topological polar surface area (TPSA) is 87.0 Å². The molecular weight excluding hydrogens is 706 g/mol. The summed E-state index contributed by atoms with van der Waals surface area (Å²) in [4.78, 5) is 43.6. The smallest absolute Gasteiger partial charge is 0.338 e. The van der Waals surface area contributed by atoms with E-state index in [1.165, 1.54) is 18.3 Å². The van der Waals surface area contributed by atoms with Gasteiger partial charge in [-0.2, -0.15) is 0 Å². The van der Waals surface area contributed by atoms with E-state index < -0.39 is 18.0 Å². The van der Waals surface area contributed by atoms with Gasteiger partial charge in [0.15, 0.2) is 10.6 Å². The molecule has 1 aromatic heterocycles. The van der Waals surface area contributed by atoms with E-state index in [9.17, 15) is 14.4 Å². The third-order valence-corrected chi connectivity index (χ3v) is 7.89. The Labute approximate surface area is 238 Å². The molecule has 0 bridgehead atoms. The van der Waals surface area contributed by atoms with E-state index in [4.69, 9.17) is 9.47 Å². The van der Waals surface area contributed by atoms with Gasteiger partial charge in [-0.15, -0.1) is 0 Å². The summed E-state index contributed by atoms with van der Waals surface area (Å²) in [6, 6.07) is 10.8. The maximum atomic E-state index is 13.8. The third-order valence-electron chi connectivity index (χ3n) is 5.48. The minimum Gasteiger partial charge on any atom is -0.463 e. The minimum atomic E-state index is -0.674. The number of aryl methyl sites for hydroxylation is 1. The van der Waals surface area contributed by atoms with E-state index in [0.29, 0.717) is 31.9 Å². The van der Waals surface area contributed by atoms with Crippen molar-refractivity contribution in [3.63, 3.8) is 0 Å². The van der Waals surface area contributed by atoms with Crippen molar-refractivity contribution < 1.29 is 19.1 Å². The Balaban J connectivity index is 1.98. The molecule has 0 fully saturated rings. The molecule has 0 saturated heterocycles. The van der Waals surface area contributed by atoms with E-state index in [1.54, 1.807) is 24.5 Å². The number of carbonyl (C=O) groups is 2. The Morgan fingerprint density at radius 3 is 2.50 bits per heavy atom. The van der Waals surface area contributed by atoms with Gasteiger partial charge >= 0.3 is 11.9 Å². The van der Waals surface area contributed by atoms with Crippen LogP contribution in [0.4, 0.5) is 0 Å². The molecule has 0 unspecified atom stereocenters. The summed E-state index contributed by atoms with van der Waals surface area (Å²) in [6.45, 7) is 7.03. The monoisotopic (exact) mass is 728 g/mol. The van der Waals surface area contributed by atoms with E-state index in [-0.39, 0.29) is 12.2 Å². The van der Waals surface area contributed by atoms with Gasteiger partial charge in [0.1, 0.15) is 0 Å². The summed E-state index contributed by atoms with van der Waals surface area (Å²) in [7, 11) is 0. The average Bonchev–Trinajstić information content (AvgIpc) is 3.10. The third kappa shape index (κ3) is 5.35. The Morgan fingerprint density at radius 1 is 1.17 bits per heavy atom. The first-order chi connectivity index (χ1) is 17.1. The highest BCUT2D eigenvalue weighted by molar-refractivity contribution is 14.1. The predicted octanol–water partition coefficient (Wildman–Crippen LogP) is 4.24. The van der Waals surface area contributed by atoms with Crippen LogP contribution in [-0.4, -0.2) is 23.1 Å². The first-order valence-electron chi connectivity index (χ1n) is 11.0. The van der Waals surface area contributed by atoms with Crippen molar-refractivity contribution in [1.82, 2.24) is 4.57 Å². The standard InChI is InChI=1S/C26H22I2N2O5S/c1-5-34-25(33)21-14(3)29-26-30(22(21)16-8-6-13(2)7-9-16)24(32)20(36-26)11-17-10-18(27)12-19(28)23(17)35-15(4)31/h6-12,22H,5H2,1-4H3/b20-11-/t22-/m1/s1. The zero-order chi connectivity index (χ0) is 26.1. The lowest BCUT2D eigenvalue weighted by atomic mass is 9.95. The highest BCUT2D eigenvalue weighted by Crippen LogP contribution is 2.32. The molecule has 186 valence electrons. The summed E-state index contributed by atoms with van der Waals surface area (Å²) < 4.78 is 14.4. The molecule has 0 spiro atoms. The number of halogens is 2. The highest BCUT2D eigenvalue weighted by Gasteiger charge is 2.33. The molecule has 0 aliphatic carbocycles. The fourth-order valence-corrected chi connectivity index (χ4v) is 6.97. The van der Waals surface area contributed by atoms with E-state index in [0.717, 1.165) is 18.3 Å². The summed E-state index contributed by atoms with van der Waals surface area (Å²) in [5.74, 6) is -0.546. The lowest BCUT2D eigenvalue weighted by Crippen LogP contribution is -2.39. The number of thiazole rings is 1. The number of carbonyl (C=O) groups excluding carboxylic acids is 2. The van der Waals surface area contributed by atoms with Gasteiger partial charge in [-0.1, -0.05) is 41.2 Å². The van der Waals surface area contributed by atoms with Crippen LogP contribution in [0, 0.1) is 14.1 Å². The average molecular weight is 728 g/mol. The number of fused-ring (bicyclic) bond motifs is 1. The fourth-order valence-electron chi connectivity index (χ4n) is 3.94. The van der Waals surface area contributed by atoms with Crippen LogP contribution < -0.4 is 19.6 Å². The lowest BCUT2D eigenvalue weighted by Gasteiger charge is -2.24. The van der Waals surface area contributed by atoms with Crippen LogP contribution in [0.2, 0.25) is 0 Å². The van der Waals surface area contributed by atoms with Crippen molar-refractivity contribution in [2.75, 3.05) is 6.61 Å². The zero-order valence-electron chi connectivity index (χ0n) is 19.9. The van der Waals surface area contributed by atoms with Gasteiger partial charge in [-0.3, -0.25) is 14.2 Å². The molecule has 1 atom stereocenters. The maximum absolute atomic E-state index is 13.8. The molecule has 2 aromatic carbocycles. The zero-order valence-corrected chi connectivity index (χ0v) is 25.1. The normalized spacial score (nSPS) is 15.4. The molecule has 4 rings (SSSR count). The number of allylic oxidation sites excluding steroid dienone is 1. The van der Waals surface area contributed by atoms with Crippen LogP contribution >= 0.6 is 56.5 Å². The Bertz CT molecular complexity index is 1590. The molecule has 0 amide bonds. The number of nitrogens with zero attached hydrogens (tertiary/aromatic N) is 2. The predicted molar refractivity (Wildman–Crippen MR) is 155 cm³/mol. The van der Waals surface area contributed by atoms with Crippen LogP contribution in [0.15, 0.2) is 57.5 Å². The van der Waals surface area contributed by atoms with Crippen LogP contribution in [0.1, 0.15) is 43.5 Å². The van der Waals surface area contributed by atoms with Gasteiger partial charge in [0, 0.05) is 16.1 Å². The molecule has 7 nitrogen and oxygen atoms in total. The number of benzene rings is 2. The molecule has 36 heavy (non-hydrogen) atoms. The van der Waals surface area contributed by atoms with Crippen molar-refractivity contribution in [3.05, 3.63) is 91.2 Å². The maximum Gasteiger partial charge on any atom is 0.338 e. The Morgan fingerprint density at radius 2 is 1.86 bits per heavy atom. The first kappa shape index (κ1) is 26.7. The fraction of sp³-hybridized carbons (Fsp3) is 0.231. The number of hydrogen-bond donors (Lipinski definition) is 0. The Kier molecular flexibility index (Phi) is 8.15. The number of hydrogen-bond acceptors (Lipinski definition) is 7. The second-order valence-corrected chi connectivity index (χ2v) is 11.5. The van der Waals surface area contributed by atoms with Gasteiger partial charge in [0.2, 0.25) is 0 Å². The number of aromatic nitrogens is 1. The van der Waals surface area contributed by atoms with Gasteiger partial charge in [-0.05, 0) is 89.7 Å². The summed E-state index contributed by atoms with van der Waals surface area (Å²) in [5, 5.41) is 0. The van der Waals surface area contributed by atoms with Crippen LogP contribution in [0.5, 0.6) is 5.75 Å². The largest absolute Gasteiger partial charge is 0.463 e. The lowest BCUT2D eigenvalue weighted by molar-refractivity contribution is -0.139. The van der Waals surface area contributed by atoms with Gasteiger partial charge in [-0.25, -0.2) is 9.79 Å². The number of esters is 2. The van der Waals surface area contributed by atoms with Crippen LogP contribution in [-0.2, 0) is 14.3 Å². The van der Waals surface area contributed by atoms with Crippen molar-refractivity contribution >= 4 is 74.5 Å². The molecule has 3 aromatic rings. The number of ether oxygens (including phenoxy) is 2. The Hall–Kier alpha value is -2.32. The molecule has 0 radical (unpaired) electrons. The van der Waals surface area contributed by atoms with Crippen molar-refractivity contribution in [1.29, 1.82) is 0 Å². The SMILES string of the molecule is CCOC(=O)C1=C(C)N=c2s/c(=C\c3cc(I)cc(I)c3OC(C)=O)c(=O)n2[C@@H]1c1ccc(C)cc1. The van der Waals surface area contributed by atoms with E-state index >= 15 is 0 Å². The quantitative estimate of drug-likeness (QED) is 0.223. The van der Waals surface area contributed by atoms with Crippen molar-refractivity contribution in [3.8, 4) is 5.75 Å². The summed E-state index contributed by atoms with van der Waals surface area (Å²) >= 11 is 5.51. The van der Waals surface area contributed by atoms with E-state index in [2.05, 4.69) is 50.2 Å². The summed E-state index contributed by atoms with van der Waals surface area (Å²) in [6.07, 6.45) is 1.71. The first-order valence-corrected chi connectivity index (χ1v) is 14.0. The molecule has 2 heterocycles. The molecule has 1 aliphatic rings. The number of rotatable bonds is 5. The molecular formula is C26H22I2N2O5S. The summed E-state index contributed by atoms with van der Waals surface area (Å²) in [5.41, 5.74) is 3.02.